The van der Waals surface area contributed by atoms with Crippen molar-refractivity contribution in [2.75, 3.05) is 19.6 Å². The molecule has 6 nitrogen and oxygen atoms in total. The Morgan fingerprint density at radius 1 is 1.29 bits per heavy atom. The number of hydrogen-bond acceptors (Lipinski definition) is 4. The number of H-pyrrole nitrogens is 1. The van der Waals surface area contributed by atoms with Crippen LogP contribution in [0, 0.1) is 6.92 Å². The number of nitrogens with zero attached hydrogens (tertiary/aromatic N) is 2. The number of pyridine rings is 1. The van der Waals surface area contributed by atoms with Crippen LogP contribution in [-0.4, -0.2) is 40.7 Å². The maximum absolute atomic E-state index is 11.9. The molecule has 3 N–H and O–H groups in total. The van der Waals surface area contributed by atoms with Crippen molar-refractivity contribution in [3.05, 3.63) is 23.5 Å². The van der Waals surface area contributed by atoms with Crippen LogP contribution in [0.1, 0.15) is 29.4 Å². The van der Waals surface area contributed by atoms with Crippen LogP contribution in [0.3, 0.4) is 0 Å². The van der Waals surface area contributed by atoms with Gasteiger partial charge in [0.25, 0.3) is 5.91 Å². The van der Waals surface area contributed by atoms with E-state index in [2.05, 4.69) is 32.7 Å². The Kier molecular flexibility index (Phi) is 8.92. The van der Waals surface area contributed by atoms with Crippen LogP contribution in [0.2, 0.25) is 0 Å². The molecule has 0 spiro atoms. The van der Waals surface area contributed by atoms with Gasteiger partial charge in [0.2, 0.25) is 0 Å². The summed E-state index contributed by atoms with van der Waals surface area (Å²) in [4.78, 5) is 16.1. The minimum atomic E-state index is -0.103. The third kappa shape index (κ3) is 5.15. The van der Waals surface area contributed by atoms with Gasteiger partial charge in [-0.25, -0.2) is 4.98 Å². The SMILES string of the molecule is CCCNCCNC(=O)c1cnc2n[nH]c(C)c2c1.Cl.Cl. The van der Waals surface area contributed by atoms with Crippen molar-refractivity contribution in [1.82, 2.24) is 25.8 Å². The quantitative estimate of drug-likeness (QED) is 0.704. The van der Waals surface area contributed by atoms with Crippen LogP contribution < -0.4 is 10.6 Å². The Morgan fingerprint density at radius 2 is 2.05 bits per heavy atom. The summed E-state index contributed by atoms with van der Waals surface area (Å²) in [5.41, 5.74) is 2.12. The lowest BCUT2D eigenvalue weighted by molar-refractivity contribution is 0.0954. The number of halogens is 2. The van der Waals surface area contributed by atoms with Gasteiger partial charge in [0.15, 0.2) is 5.65 Å². The number of rotatable bonds is 6. The number of aromatic amines is 1. The number of amides is 1. The second-order valence-corrected chi connectivity index (χ2v) is 4.45. The Labute approximate surface area is 136 Å². The summed E-state index contributed by atoms with van der Waals surface area (Å²) in [6, 6.07) is 1.82. The van der Waals surface area contributed by atoms with Gasteiger partial charge in [0.05, 0.1) is 5.56 Å². The predicted octanol–water partition coefficient (Wildman–Crippen LogP) is 1.84. The third-order valence-electron chi connectivity index (χ3n) is 2.88. The van der Waals surface area contributed by atoms with Crippen LogP contribution >= 0.6 is 24.8 Å². The molecule has 0 saturated heterocycles. The summed E-state index contributed by atoms with van der Waals surface area (Å²) in [5, 5.41) is 13.9. The van der Waals surface area contributed by atoms with Crippen molar-refractivity contribution < 1.29 is 4.79 Å². The Hall–Kier alpha value is -1.37. The normalized spacial score (nSPS) is 9.81. The van der Waals surface area contributed by atoms with Crippen molar-refractivity contribution in [2.24, 2.45) is 0 Å². The Balaban J connectivity index is 0.00000200. The number of aryl methyl sites for hydroxylation is 1. The topological polar surface area (TPSA) is 82.7 Å². The van der Waals surface area contributed by atoms with E-state index in [1.54, 1.807) is 6.20 Å². The van der Waals surface area contributed by atoms with Crippen LogP contribution in [0.5, 0.6) is 0 Å². The molecule has 2 rings (SSSR count). The van der Waals surface area contributed by atoms with E-state index in [4.69, 9.17) is 0 Å². The molecule has 118 valence electrons. The summed E-state index contributed by atoms with van der Waals surface area (Å²) in [6.07, 6.45) is 2.64. The number of carbonyl (C=O) groups excluding carboxylic acids is 1. The minimum absolute atomic E-state index is 0. The molecule has 8 heteroatoms. The highest BCUT2D eigenvalue weighted by atomic mass is 35.5. The molecule has 1 amide bonds. The van der Waals surface area contributed by atoms with Gasteiger partial charge < -0.3 is 10.6 Å². The Morgan fingerprint density at radius 3 is 2.76 bits per heavy atom. The van der Waals surface area contributed by atoms with Gasteiger partial charge in [-0.1, -0.05) is 6.92 Å². The molecule has 0 saturated carbocycles. The fourth-order valence-corrected chi connectivity index (χ4v) is 1.81. The molecule has 0 aliphatic heterocycles. The molecule has 0 bridgehead atoms. The monoisotopic (exact) mass is 333 g/mol. The van der Waals surface area contributed by atoms with Crippen molar-refractivity contribution in [3.63, 3.8) is 0 Å². The van der Waals surface area contributed by atoms with Crippen molar-refractivity contribution in [2.45, 2.75) is 20.3 Å². The van der Waals surface area contributed by atoms with Gasteiger partial charge in [0.1, 0.15) is 0 Å². The lowest BCUT2D eigenvalue weighted by Crippen LogP contribution is -2.32. The average Bonchev–Trinajstić information content (AvgIpc) is 2.79. The number of hydrogen-bond donors (Lipinski definition) is 3. The van der Waals surface area contributed by atoms with E-state index in [1.807, 2.05) is 13.0 Å². The van der Waals surface area contributed by atoms with Gasteiger partial charge in [-0.05, 0) is 26.0 Å². The fourth-order valence-electron chi connectivity index (χ4n) is 1.81. The van der Waals surface area contributed by atoms with E-state index in [0.29, 0.717) is 17.8 Å². The van der Waals surface area contributed by atoms with Crippen molar-refractivity contribution in [1.29, 1.82) is 0 Å². The average molecular weight is 334 g/mol. The maximum atomic E-state index is 11.9. The van der Waals surface area contributed by atoms with Crippen LogP contribution in [0.4, 0.5) is 0 Å². The highest BCUT2D eigenvalue weighted by molar-refractivity contribution is 5.97. The highest BCUT2D eigenvalue weighted by Gasteiger charge is 2.09. The standard InChI is InChI=1S/C13H19N5O.2ClH/c1-3-4-14-5-6-15-13(19)10-7-11-9(2)17-18-12(11)16-8-10;;/h7-8,14H,3-6H2,1-2H3,(H,15,19)(H,16,17,18);2*1H. The molecule has 0 aliphatic rings. The van der Waals surface area contributed by atoms with E-state index in [9.17, 15) is 4.79 Å². The summed E-state index contributed by atoms with van der Waals surface area (Å²) in [6.45, 7) is 6.38. The van der Waals surface area contributed by atoms with Crippen molar-refractivity contribution >= 4 is 41.8 Å². The first kappa shape index (κ1) is 19.6. The zero-order valence-electron chi connectivity index (χ0n) is 12.1. The zero-order valence-corrected chi connectivity index (χ0v) is 13.7. The largest absolute Gasteiger partial charge is 0.351 e. The first-order chi connectivity index (χ1) is 9.22. The first-order valence-electron chi connectivity index (χ1n) is 6.52. The van der Waals surface area contributed by atoms with E-state index in [-0.39, 0.29) is 30.7 Å². The maximum Gasteiger partial charge on any atom is 0.252 e. The summed E-state index contributed by atoms with van der Waals surface area (Å²) >= 11 is 0. The molecule has 21 heavy (non-hydrogen) atoms. The number of carbonyl (C=O) groups is 1. The minimum Gasteiger partial charge on any atom is -0.351 e. The molecule has 2 aromatic rings. The van der Waals surface area contributed by atoms with Gasteiger partial charge in [-0.2, -0.15) is 5.10 Å². The van der Waals surface area contributed by atoms with E-state index in [0.717, 1.165) is 30.6 Å². The molecule has 0 unspecified atom stereocenters. The number of nitrogens with one attached hydrogen (secondary N) is 3. The van der Waals surface area contributed by atoms with Crippen LogP contribution in [-0.2, 0) is 0 Å². The van der Waals surface area contributed by atoms with Crippen LogP contribution in [0.25, 0.3) is 11.0 Å². The first-order valence-corrected chi connectivity index (χ1v) is 6.52. The van der Waals surface area contributed by atoms with Gasteiger partial charge in [0, 0.05) is 30.4 Å². The number of aromatic nitrogens is 3. The molecular formula is C13H21Cl2N5O. The molecule has 0 atom stereocenters. The van der Waals surface area contributed by atoms with E-state index < -0.39 is 0 Å². The van der Waals surface area contributed by atoms with Crippen molar-refractivity contribution in [3.8, 4) is 0 Å². The summed E-state index contributed by atoms with van der Waals surface area (Å²) < 4.78 is 0. The summed E-state index contributed by atoms with van der Waals surface area (Å²) in [5.74, 6) is -0.103. The third-order valence-corrected chi connectivity index (χ3v) is 2.88. The molecular weight excluding hydrogens is 313 g/mol. The molecule has 0 aromatic carbocycles. The highest BCUT2D eigenvalue weighted by Crippen LogP contribution is 2.14. The molecule has 2 aromatic heterocycles. The second-order valence-electron chi connectivity index (χ2n) is 4.45. The molecule has 2 heterocycles. The molecule has 0 fully saturated rings. The van der Waals surface area contributed by atoms with E-state index in [1.165, 1.54) is 0 Å². The van der Waals surface area contributed by atoms with Crippen LogP contribution in [0.15, 0.2) is 12.3 Å². The molecule has 0 aliphatic carbocycles. The van der Waals surface area contributed by atoms with Gasteiger partial charge in [-0.3, -0.25) is 9.89 Å². The summed E-state index contributed by atoms with van der Waals surface area (Å²) in [7, 11) is 0. The molecule has 0 radical (unpaired) electrons. The zero-order chi connectivity index (χ0) is 13.7. The lowest BCUT2D eigenvalue weighted by Gasteiger charge is -2.06. The number of fused-ring (bicyclic) bond motifs is 1. The van der Waals surface area contributed by atoms with Gasteiger partial charge in [-0.15, -0.1) is 24.8 Å². The lowest BCUT2D eigenvalue weighted by atomic mass is 10.2. The van der Waals surface area contributed by atoms with E-state index >= 15 is 0 Å². The van der Waals surface area contributed by atoms with Gasteiger partial charge >= 0.3 is 0 Å². The second kappa shape index (κ2) is 9.55. The Bertz CT molecular complexity index is 573. The predicted molar refractivity (Wildman–Crippen MR) is 88.6 cm³/mol. The fraction of sp³-hybridized carbons (Fsp3) is 0.462. The smallest absolute Gasteiger partial charge is 0.252 e.